The highest BCUT2D eigenvalue weighted by atomic mass is 19.4. The van der Waals surface area contributed by atoms with Crippen LogP contribution in [-0.2, 0) is 6.54 Å². The Labute approximate surface area is 215 Å². The molecular formula is C29H24F6N2O. The smallest absolute Gasteiger partial charge is 0.406 e. The van der Waals surface area contributed by atoms with Gasteiger partial charge in [-0.15, -0.1) is 13.2 Å². The summed E-state index contributed by atoms with van der Waals surface area (Å²) in [4.78, 5) is 3.79. The molecule has 0 fully saturated rings. The van der Waals surface area contributed by atoms with Crippen LogP contribution in [-0.4, -0.2) is 25.6 Å². The average Bonchev–Trinajstić information content (AvgIpc) is 2.86. The maximum atomic E-state index is 13.4. The molecule has 4 aromatic rings. The van der Waals surface area contributed by atoms with Gasteiger partial charge in [0.1, 0.15) is 5.75 Å². The lowest BCUT2D eigenvalue weighted by Gasteiger charge is -2.45. The molecule has 1 heterocycles. The molecule has 0 aliphatic carbocycles. The van der Waals surface area contributed by atoms with Crippen LogP contribution in [0.3, 0.4) is 0 Å². The predicted octanol–water partition coefficient (Wildman–Crippen LogP) is 8.26. The van der Waals surface area contributed by atoms with E-state index in [0.717, 1.165) is 16.3 Å². The summed E-state index contributed by atoms with van der Waals surface area (Å²) in [7, 11) is 0. The predicted molar refractivity (Wildman–Crippen MR) is 135 cm³/mol. The lowest BCUT2D eigenvalue weighted by atomic mass is 9.94. The second-order valence-electron chi connectivity index (χ2n) is 9.21. The molecule has 0 aromatic heterocycles. The van der Waals surface area contributed by atoms with E-state index in [0.29, 0.717) is 23.5 Å². The van der Waals surface area contributed by atoms with Crippen LogP contribution in [0.15, 0.2) is 91.0 Å². The number of nitrogens with zero attached hydrogens (tertiary/aromatic N) is 2. The van der Waals surface area contributed by atoms with Crippen LogP contribution in [0, 0.1) is 0 Å². The van der Waals surface area contributed by atoms with Gasteiger partial charge in [0.2, 0.25) is 0 Å². The van der Waals surface area contributed by atoms with Crippen LogP contribution < -0.4 is 14.5 Å². The Morgan fingerprint density at radius 3 is 2.21 bits per heavy atom. The molecule has 0 saturated heterocycles. The summed E-state index contributed by atoms with van der Waals surface area (Å²) in [6.07, 6.45) is -10.1. The van der Waals surface area contributed by atoms with Gasteiger partial charge in [0.15, 0.2) is 0 Å². The Balaban J connectivity index is 1.56. The SMILES string of the molecule is FC(F)(F)CCN1c2ccccc2N(Cc2cccc(OC(F)(F)F)c2)C[C@H]1c1cccc2ccccc12. The van der Waals surface area contributed by atoms with Crippen LogP contribution in [0.5, 0.6) is 5.75 Å². The summed E-state index contributed by atoms with van der Waals surface area (Å²) in [6.45, 7) is 0.366. The number of anilines is 2. The van der Waals surface area contributed by atoms with Crippen LogP contribution in [0.2, 0.25) is 0 Å². The number of ether oxygens (including phenoxy) is 1. The zero-order valence-corrected chi connectivity index (χ0v) is 20.1. The molecule has 0 saturated carbocycles. The molecule has 0 spiro atoms. The Hall–Kier alpha value is -3.88. The monoisotopic (exact) mass is 530 g/mol. The number of para-hydroxylation sites is 2. The number of hydrogen-bond donors (Lipinski definition) is 0. The van der Waals surface area contributed by atoms with Crippen molar-refractivity contribution in [1.82, 2.24) is 0 Å². The summed E-state index contributed by atoms with van der Waals surface area (Å²) in [5.41, 5.74) is 2.83. The van der Waals surface area contributed by atoms with E-state index in [1.807, 2.05) is 53.4 Å². The molecule has 1 aliphatic heterocycles. The van der Waals surface area contributed by atoms with Gasteiger partial charge in [0, 0.05) is 19.6 Å². The van der Waals surface area contributed by atoms with E-state index in [2.05, 4.69) is 4.74 Å². The fourth-order valence-electron chi connectivity index (χ4n) is 5.09. The first-order valence-corrected chi connectivity index (χ1v) is 12.1. The first kappa shape index (κ1) is 25.8. The van der Waals surface area contributed by atoms with Gasteiger partial charge in [-0.2, -0.15) is 13.2 Å². The van der Waals surface area contributed by atoms with Crippen molar-refractivity contribution in [2.24, 2.45) is 0 Å². The zero-order chi connectivity index (χ0) is 26.9. The van der Waals surface area contributed by atoms with E-state index < -0.39 is 25.0 Å². The quantitative estimate of drug-likeness (QED) is 0.234. The van der Waals surface area contributed by atoms with Crippen molar-refractivity contribution in [1.29, 1.82) is 0 Å². The third-order valence-corrected chi connectivity index (χ3v) is 6.63. The Bertz CT molecular complexity index is 1410. The first-order valence-electron chi connectivity index (χ1n) is 12.1. The topological polar surface area (TPSA) is 15.7 Å². The highest BCUT2D eigenvalue weighted by molar-refractivity contribution is 5.87. The van der Waals surface area contributed by atoms with E-state index in [1.54, 1.807) is 29.2 Å². The molecular weight excluding hydrogens is 506 g/mol. The maximum absolute atomic E-state index is 13.4. The molecule has 38 heavy (non-hydrogen) atoms. The van der Waals surface area contributed by atoms with E-state index in [9.17, 15) is 26.3 Å². The third-order valence-electron chi connectivity index (χ3n) is 6.63. The van der Waals surface area contributed by atoms with Gasteiger partial charge in [-0.05, 0) is 46.2 Å². The van der Waals surface area contributed by atoms with E-state index >= 15 is 0 Å². The number of alkyl halides is 6. The highest BCUT2D eigenvalue weighted by Crippen LogP contribution is 2.43. The van der Waals surface area contributed by atoms with Crippen LogP contribution in [0.4, 0.5) is 37.7 Å². The van der Waals surface area contributed by atoms with Crippen molar-refractivity contribution in [3.63, 3.8) is 0 Å². The van der Waals surface area contributed by atoms with Crippen molar-refractivity contribution in [3.05, 3.63) is 102 Å². The second-order valence-corrected chi connectivity index (χ2v) is 9.21. The molecule has 0 unspecified atom stereocenters. The molecule has 5 rings (SSSR count). The van der Waals surface area contributed by atoms with Gasteiger partial charge < -0.3 is 14.5 Å². The van der Waals surface area contributed by atoms with Crippen molar-refractivity contribution in [2.75, 3.05) is 22.9 Å². The van der Waals surface area contributed by atoms with E-state index in [4.69, 9.17) is 0 Å². The fraction of sp³-hybridized carbons (Fsp3) is 0.241. The molecule has 9 heteroatoms. The van der Waals surface area contributed by atoms with Gasteiger partial charge in [-0.25, -0.2) is 0 Å². The summed E-state index contributed by atoms with van der Waals surface area (Å²) in [6, 6.07) is 26.0. The largest absolute Gasteiger partial charge is 0.573 e. The average molecular weight is 531 g/mol. The Kier molecular flexibility index (Phi) is 6.86. The number of fused-ring (bicyclic) bond motifs is 2. The van der Waals surface area contributed by atoms with Crippen molar-refractivity contribution in [3.8, 4) is 5.75 Å². The Morgan fingerprint density at radius 1 is 0.763 bits per heavy atom. The molecule has 1 aliphatic rings. The summed E-state index contributed by atoms with van der Waals surface area (Å²) >= 11 is 0. The molecule has 198 valence electrons. The number of halogens is 6. The van der Waals surface area contributed by atoms with Gasteiger partial charge in [0.05, 0.1) is 23.8 Å². The third kappa shape index (κ3) is 5.82. The van der Waals surface area contributed by atoms with Crippen molar-refractivity contribution >= 4 is 22.1 Å². The minimum atomic E-state index is -4.81. The summed E-state index contributed by atoms with van der Waals surface area (Å²) < 4.78 is 82.5. The van der Waals surface area contributed by atoms with Crippen LogP contribution >= 0.6 is 0 Å². The van der Waals surface area contributed by atoms with Crippen molar-refractivity contribution in [2.45, 2.75) is 31.5 Å². The van der Waals surface area contributed by atoms with Crippen LogP contribution in [0.25, 0.3) is 10.8 Å². The number of benzene rings is 4. The van der Waals surface area contributed by atoms with Crippen molar-refractivity contribution < 1.29 is 31.1 Å². The number of rotatable bonds is 6. The van der Waals surface area contributed by atoms with Gasteiger partial charge in [-0.3, -0.25) is 0 Å². The van der Waals surface area contributed by atoms with Gasteiger partial charge >= 0.3 is 12.5 Å². The number of hydrogen-bond acceptors (Lipinski definition) is 3. The van der Waals surface area contributed by atoms with E-state index in [-0.39, 0.29) is 18.8 Å². The second kappa shape index (κ2) is 10.1. The lowest BCUT2D eigenvalue weighted by molar-refractivity contribution is -0.274. The molecule has 3 nitrogen and oxygen atoms in total. The normalized spacial score (nSPS) is 16.0. The van der Waals surface area contributed by atoms with E-state index in [1.165, 1.54) is 18.2 Å². The van der Waals surface area contributed by atoms with Gasteiger partial charge in [-0.1, -0.05) is 66.7 Å². The van der Waals surface area contributed by atoms with Gasteiger partial charge in [0.25, 0.3) is 0 Å². The fourth-order valence-corrected chi connectivity index (χ4v) is 5.09. The highest BCUT2D eigenvalue weighted by Gasteiger charge is 2.36. The zero-order valence-electron chi connectivity index (χ0n) is 20.1. The van der Waals surface area contributed by atoms with Crippen LogP contribution in [0.1, 0.15) is 23.6 Å². The molecule has 4 aromatic carbocycles. The minimum Gasteiger partial charge on any atom is -0.406 e. The molecule has 0 radical (unpaired) electrons. The maximum Gasteiger partial charge on any atom is 0.573 e. The first-order chi connectivity index (χ1) is 18.1. The summed E-state index contributed by atoms with van der Waals surface area (Å²) in [5, 5.41) is 1.92. The standard InChI is InChI=1S/C29H24F6N2O/c30-28(31,32)15-16-37-26-14-4-3-13-25(26)36(18-20-7-5-10-22(17-20)38-29(33,34)35)19-27(37)24-12-6-9-21-8-1-2-11-23(21)24/h1-14,17,27H,15-16,18-19H2/t27-/m0/s1. The summed E-state index contributed by atoms with van der Waals surface area (Å²) in [5.74, 6) is -0.322. The lowest BCUT2D eigenvalue weighted by Crippen LogP contribution is -2.44. The molecule has 1 atom stereocenters. The molecule has 0 amide bonds. The molecule has 0 bridgehead atoms. The molecule has 0 N–H and O–H groups in total. The minimum absolute atomic E-state index is 0.225. The Morgan fingerprint density at radius 2 is 1.45 bits per heavy atom.